The van der Waals surface area contributed by atoms with Crippen LogP contribution in [0, 0.1) is 5.92 Å². The summed E-state index contributed by atoms with van der Waals surface area (Å²) in [6.07, 6.45) is 2.36. The summed E-state index contributed by atoms with van der Waals surface area (Å²) in [5, 5.41) is 2.67. The van der Waals surface area contributed by atoms with Crippen LogP contribution in [0.5, 0.6) is 0 Å². The second-order valence-electron chi connectivity index (χ2n) is 5.28. The summed E-state index contributed by atoms with van der Waals surface area (Å²) < 4.78 is 0. The van der Waals surface area contributed by atoms with Crippen molar-refractivity contribution in [1.29, 1.82) is 0 Å². The molecule has 2 aliphatic heterocycles. The molecule has 0 unspecified atom stereocenters. The molecule has 0 bridgehead atoms. The monoisotopic (exact) mass is 240 g/mol. The molecule has 2 fully saturated rings. The van der Waals surface area contributed by atoms with Crippen LogP contribution in [0.3, 0.4) is 0 Å². The van der Waals surface area contributed by atoms with Gasteiger partial charge in [0.05, 0.1) is 13.1 Å². The fraction of sp³-hybridized carbons (Fsp3) is 0.833. The summed E-state index contributed by atoms with van der Waals surface area (Å²) in [6.45, 7) is 7.40. The molecule has 5 heteroatoms. The van der Waals surface area contributed by atoms with Crippen LogP contribution in [0.2, 0.25) is 0 Å². The first kappa shape index (κ1) is 12.4. The maximum atomic E-state index is 12.2. The van der Waals surface area contributed by atoms with Crippen molar-refractivity contribution in [3.05, 3.63) is 0 Å². The Kier molecular flexibility index (Phi) is 3.66. The SMILES string of the molecule is CC1CC[NH+]([C@@H](C)C(=O)N2CCNC2=O)CC1. The largest absolute Gasteiger partial charge is 0.336 e. The van der Waals surface area contributed by atoms with E-state index < -0.39 is 0 Å². The lowest BCUT2D eigenvalue weighted by Crippen LogP contribution is -3.17. The Morgan fingerprint density at radius 2 is 2.12 bits per heavy atom. The number of quaternary nitrogens is 1. The molecule has 2 N–H and O–H groups in total. The second kappa shape index (κ2) is 5.04. The van der Waals surface area contributed by atoms with Crippen molar-refractivity contribution in [3.8, 4) is 0 Å². The van der Waals surface area contributed by atoms with Gasteiger partial charge in [-0.2, -0.15) is 0 Å². The van der Waals surface area contributed by atoms with Crippen molar-refractivity contribution in [2.24, 2.45) is 5.92 Å². The van der Waals surface area contributed by atoms with E-state index in [9.17, 15) is 9.59 Å². The zero-order chi connectivity index (χ0) is 12.4. The van der Waals surface area contributed by atoms with E-state index in [1.807, 2.05) is 6.92 Å². The van der Waals surface area contributed by atoms with E-state index in [2.05, 4.69) is 12.2 Å². The van der Waals surface area contributed by atoms with E-state index in [1.165, 1.54) is 22.6 Å². The number of urea groups is 1. The number of imide groups is 1. The molecule has 0 aromatic heterocycles. The lowest BCUT2D eigenvalue weighted by molar-refractivity contribution is -0.920. The van der Waals surface area contributed by atoms with E-state index >= 15 is 0 Å². The number of piperidine rings is 1. The number of hydrogen-bond acceptors (Lipinski definition) is 2. The minimum absolute atomic E-state index is 0.0236. The normalized spacial score (nSPS) is 31.2. The average molecular weight is 240 g/mol. The van der Waals surface area contributed by atoms with Gasteiger partial charge < -0.3 is 10.2 Å². The molecular formula is C12H22N3O2+. The first-order chi connectivity index (χ1) is 8.09. The predicted octanol–water partition coefficient (Wildman–Crippen LogP) is -0.758. The second-order valence-corrected chi connectivity index (χ2v) is 5.28. The highest BCUT2D eigenvalue weighted by Gasteiger charge is 2.36. The molecule has 96 valence electrons. The number of rotatable bonds is 2. The molecule has 2 heterocycles. The minimum atomic E-state index is -0.230. The Morgan fingerprint density at radius 3 is 2.65 bits per heavy atom. The minimum Gasteiger partial charge on any atom is -0.336 e. The summed E-state index contributed by atoms with van der Waals surface area (Å²) in [5.74, 6) is 0.751. The van der Waals surface area contributed by atoms with Gasteiger partial charge in [-0.25, -0.2) is 4.79 Å². The molecule has 5 nitrogen and oxygen atoms in total. The molecule has 2 rings (SSSR count). The first-order valence-electron chi connectivity index (χ1n) is 6.53. The molecule has 17 heavy (non-hydrogen) atoms. The van der Waals surface area contributed by atoms with E-state index in [4.69, 9.17) is 0 Å². The van der Waals surface area contributed by atoms with Gasteiger partial charge >= 0.3 is 6.03 Å². The van der Waals surface area contributed by atoms with Gasteiger partial charge in [-0.3, -0.25) is 9.69 Å². The molecule has 0 aliphatic carbocycles. The molecule has 1 atom stereocenters. The third kappa shape index (κ3) is 2.60. The van der Waals surface area contributed by atoms with Crippen LogP contribution in [-0.2, 0) is 4.79 Å². The number of carbonyl (C=O) groups excluding carboxylic acids is 2. The highest BCUT2D eigenvalue weighted by atomic mass is 16.2. The summed E-state index contributed by atoms with van der Waals surface area (Å²) in [5.41, 5.74) is 0. The van der Waals surface area contributed by atoms with Crippen molar-refractivity contribution in [2.75, 3.05) is 26.2 Å². The van der Waals surface area contributed by atoms with Gasteiger partial charge in [0.15, 0.2) is 6.04 Å². The van der Waals surface area contributed by atoms with Gasteiger partial charge in [0.2, 0.25) is 0 Å². The highest BCUT2D eigenvalue weighted by Crippen LogP contribution is 2.08. The van der Waals surface area contributed by atoms with Crippen LogP contribution < -0.4 is 10.2 Å². The van der Waals surface area contributed by atoms with Crippen LogP contribution in [-0.4, -0.2) is 49.1 Å². The Bertz CT molecular complexity index is 311. The zero-order valence-corrected chi connectivity index (χ0v) is 10.7. The summed E-state index contributed by atoms with van der Waals surface area (Å²) in [7, 11) is 0. The van der Waals surface area contributed by atoms with Crippen molar-refractivity contribution >= 4 is 11.9 Å². The van der Waals surface area contributed by atoms with Gasteiger partial charge in [0.1, 0.15) is 0 Å². The van der Waals surface area contributed by atoms with Gasteiger partial charge in [-0.05, 0) is 25.7 Å². The summed E-state index contributed by atoms with van der Waals surface area (Å²) >= 11 is 0. The molecule has 0 spiro atoms. The van der Waals surface area contributed by atoms with Crippen LogP contribution in [0.25, 0.3) is 0 Å². The maximum Gasteiger partial charge on any atom is 0.324 e. The molecule has 0 aromatic rings. The zero-order valence-electron chi connectivity index (χ0n) is 10.7. The lowest BCUT2D eigenvalue weighted by atomic mass is 9.98. The first-order valence-corrected chi connectivity index (χ1v) is 6.53. The Balaban J connectivity index is 1.92. The van der Waals surface area contributed by atoms with E-state index in [-0.39, 0.29) is 18.0 Å². The maximum absolute atomic E-state index is 12.2. The molecule has 0 radical (unpaired) electrons. The molecule has 3 amide bonds. The van der Waals surface area contributed by atoms with Crippen LogP contribution >= 0.6 is 0 Å². The van der Waals surface area contributed by atoms with E-state index in [0.29, 0.717) is 13.1 Å². The molecule has 0 saturated carbocycles. The summed E-state index contributed by atoms with van der Waals surface area (Å²) in [6, 6.07) is -0.321. The fourth-order valence-electron chi connectivity index (χ4n) is 2.66. The average Bonchev–Trinajstić information content (AvgIpc) is 2.74. The van der Waals surface area contributed by atoms with Gasteiger partial charge in [0.25, 0.3) is 5.91 Å². The van der Waals surface area contributed by atoms with Gasteiger partial charge in [-0.1, -0.05) is 6.92 Å². The number of amides is 3. The fourth-order valence-corrected chi connectivity index (χ4v) is 2.66. The van der Waals surface area contributed by atoms with Crippen molar-refractivity contribution in [2.45, 2.75) is 32.7 Å². The van der Waals surface area contributed by atoms with Crippen LogP contribution in [0.4, 0.5) is 4.79 Å². The third-order valence-electron chi connectivity index (χ3n) is 4.02. The highest BCUT2D eigenvalue weighted by molar-refractivity contribution is 5.97. The van der Waals surface area contributed by atoms with Crippen molar-refractivity contribution < 1.29 is 14.5 Å². The van der Waals surface area contributed by atoms with Crippen molar-refractivity contribution in [3.63, 3.8) is 0 Å². The number of hydrogen-bond donors (Lipinski definition) is 2. The Morgan fingerprint density at radius 1 is 1.47 bits per heavy atom. The van der Waals surface area contributed by atoms with E-state index in [1.54, 1.807) is 0 Å². The smallest absolute Gasteiger partial charge is 0.324 e. The quantitative estimate of drug-likeness (QED) is 0.667. The van der Waals surface area contributed by atoms with Crippen molar-refractivity contribution in [1.82, 2.24) is 10.2 Å². The standard InChI is InChI=1S/C12H21N3O2/c1-9-3-6-14(7-4-9)10(2)11(16)15-8-5-13-12(15)17/h9-10H,3-8H2,1-2H3,(H,13,17)/p+1/t10-/m0/s1. The van der Waals surface area contributed by atoms with Gasteiger partial charge in [0, 0.05) is 13.1 Å². The number of nitrogens with one attached hydrogen (secondary N) is 2. The number of likely N-dealkylation sites (tertiary alicyclic amines) is 1. The third-order valence-corrected chi connectivity index (χ3v) is 4.02. The molecular weight excluding hydrogens is 218 g/mol. The van der Waals surface area contributed by atoms with Crippen LogP contribution in [0.15, 0.2) is 0 Å². The predicted molar refractivity (Wildman–Crippen MR) is 63.7 cm³/mol. The Hall–Kier alpha value is -1.10. The number of carbonyl (C=O) groups is 2. The number of nitrogens with zero attached hydrogens (tertiary/aromatic N) is 1. The van der Waals surface area contributed by atoms with Crippen LogP contribution in [0.1, 0.15) is 26.7 Å². The molecule has 2 saturated heterocycles. The topological polar surface area (TPSA) is 53.9 Å². The lowest BCUT2D eigenvalue weighted by Gasteiger charge is -2.32. The molecule has 0 aromatic carbocycles. The Labute approximate surface area is 102 Å². The summed E-state index contributed by atoms with van der Waals surface area (Å²) in [4.78, 5) is 26.3. The van der Waals surface area contributed by atoms with Gasteiger partial charge in [-0.15, -0.1) is 0 Å². The molecule has 2 aliphatic rings. The van der Waals surface area contributed by atoms with E-state index in [0.717, 1.165) is 19.0 Å².